The molecular formula is C10H18N4O5. The monoisotopic (exact) mass is 274 g/mol. The van der Waals surface area contributed by atoms with Crippen LogP contribution in [0.4, 0.5) is 0 Å². The Labute approximate surface area is 110 Å². The molecule has 1 saturated heterocycles. The molecule has 0 saturated carbocycles. The molecule has 1 heterocycles. The van der Waals surface area contributed by atoms with Crippen LogP contribution in [0.5, 0.6) is 0 Å². The van der Waals surface area contributed by atoms with Gasteiger partial charge >= 0.3 is 0 Å². The number of aliphatic hydroxyl groups is 1. The van der Waals surface area contributed by atoms with Crippen LogP contribution in [0.2, 0.25) is 0 Å². The first-order chi connectivity index (χ1) is 8.79. The molecule has 1 rings (SSSR count). The Bertz CT molecular complexity index is 379. The van der Waals surface area contributed by atoms with Crippen molar-refractivity contribution in [3.05, 3.63) is 5.21 Å². The van der Waals surface area contributed by atoms with Gasteiger partial charge in [-0.15, -0.1) is 5.01 Å². The van der Waals surface area contributed by atoms with Crippen molar-refractivity contribution in [3.63, 3.8) is 0 Å². The first-order valence-electron chi connectivity index (χ1n) is 5.77. The Balaban J connectivity index is 2.53. The first-order valence-corrected chi connectivity index (χ1v) is 5.77. The third-order valence-electron chi connectivity index (χ3n) is 2.99. The summed E-state index contributed by atoms with van der Waals surface area (Å²) in [6.45, 7) is 2.65. The standard InChI is InChI=1S/C10H18N4O5/c1-10(2,6-15)12(3)14(18)11-19-7-13-8(16)4-5-9(13)17/h15H,4-7H2,1-3H3/b14-11+. The summed E-state index contributed by atoms with van der Waals surface area (Å²) >= 11 is 0. The highest BCUT2D eigenvalue weighted by atomic mass is 16.7. The Kier molecular flexibility index (Phi) is 4.65. The zero-order valence-electron chi connectivity index (χ0n) is 11.2. The highest BCUT2D eigenvalue weighted by molar-refractivity contribution is 6.01. The summed E-state index contributed by atoms with van der Waals surface area (Å²) in [5.74, 6) is -0.691. The van der Waals surface area contributed by atoms with Crippen molar-refractivity contribution in [3.8, 4) is 0 Å². The number of likely N-dealkylation sites (tertiary alicyclic amines) is 1. The number of carbonyl (C=O) groups is 2. The van der Waals surface area contributed by atoms with Crippen molar-refractivity contribution < 1.29 is 24.5 Å². The van der Waals surface area contributed by atoms with Gasteiger partial charge in [0.25, 0.3) is 0 Å². The number of nitrogens with zero attached hydrogens (tertiary/aromatic N) is 4. The molecule has 0 aromatic rings. The number of imide groups is 1. The summed E-state index contributed by atoms with van der Waals surface area (Å²) in [6, 6.07) is 0. The molecule has 9 nitrogen and oxygen atoms in total. The molecule has 0 aliphatic carbocycles. The van der Waals surface area contributed by atoms with Crippen molar-refractivity contribution in [1.29, 1.82) is 0 Å². The Morgan fingerprint density at radius 2 is 2.00 bits per heavy atom. The van der Waals surface area contributed by atoms with Gasteiger partial charge in [-0.3, -0.25) is 9.59 Å². The second kappa shape index (κ2) is 5.83. The number of rotatable bonds is 6. The van der Waals surface area contributed by atoms with Crippen LogP contribution in [0, 0.1) is 5.21 Å². The van der Waals surface area contributed by atoms with Gasteiger partial charge in [0, 0.05) is 12.8 Å². The molecule has 0 aromatic heterocycles. The topological polar surface area (TPSA) is 109 Å². The van der Waals surface area contributed by atoms with Crippen LogP contribution in [-0.2, 0) is 14.4 Å². The largest absolute Gasteiger partial charge is 0.569 e. The minimum absolute atomic E-state index is 0.154. The molecule has 0 unspecified atom stereocenters. The molecule has 1 fully saturated rings. The number of hydrazine groups is 1. The average Bonchev–Trinajstić information content (AvgIpc) is 2.69. The van der Waals surface area contributed by atoms with Gasteiger partial charge in [0.2, 0.25) is 23.8 Å². The molecule has 1 N–H and O–H groups in total. The van der Waals surface area contributed by atoms with Gasteiger partial charge < -0.3 is 15.2 Å². The van der Waals surface area contributed by atoms with Gasteiger partial charge in [0.05, 0.1) is 18.6 Å². The van der Waals surface area contributed by atoms with Crippen molar-refractivity contribution in [2.45, 2.75) is 32.2 Å². The van der Waals surface area contributed by atoms with E-state index in [4.69, 9.17) is 5.11 Å². The number of amides is 2. The van der Waals surface area contributed by atoms with E-state index < -0.39 is 5.54 Å². The summed E-state index contributed by atoms with van der Waals surface area (Å²) in [7, 11) is 1.43. The summed E-state index contributed by atoms with van der Waals surface area (Å²) in [4.78, 5) is 28.2. The lowest BCUT2D eigenvalue weighted by Gasteiger charge is -2.28. The second-order valence-corrected chi connectivity index (χ2v) is 4.80. The van der Waals surface area contributed by atoms with E-state index >= 15 is 0 Å². The zero-order chi connectivity index (χ0) is 14.6. The fourth-order valence-electron chi connectivity index (χ4n) is 1.29. The quantitative estimate of drug-likeness (QED) is 0.306. The minimum atomic E-state index is -0.812. The van der Waals surface area contributed by atoms with Gasteiger partial charge in [-0.25, -0.2) is 4.90 Å². The molecule has 1 aliphatic rings. The Hall–Kier alpha value is -1.90. The Morgan fingerprint density at radius 1 is 1.47 bits per heavy atom. The maximum Gasteiger partial charge on any atom is 0.235 e. The van der Waals surface area contributed by atoms with Crippen LogP contribution in [0.15, 0.2) is 5.28 Å². The zero-order valence-corrected chi connectivity index (χ0v) is 11.2. The molecule has 19 heavy (non-hydrogen) atoms. The lowest BCUT2D eigenvalue weighted by molar-refractivity contribution is -0.721. The van der Waals surface area contributed by atoms with E-state index in [0.29, 0.717) is 0 Å². The van der Waals surface area contributed by atoms with Crippen LogP contribution in [-0.4, -0.2) is 57.7 Å². The highest BCUT2D eigenvalue weighted by Gasteiger charge is 2.31. The molecule has 9 heteroatoms. The number of hydrogen-bond acceptors (Lipinski definition) is 6. The van der Waals surface area contributed by atoms with E-state index in [1.807, 2.05) is 0 Å². The molecular weight excluding hydrogens is 256 g/mol. The second-order valence-electron chi connectivity index (χ2n) is 4.80. The van der Waals surface area contributed by atoms with E-state index in [9.17, 15) is 14.8 Å². The normalized spacial score (nSPS) is 17.1. The smallest absolute Gasteiger partial charge is 0.235 e. The number of aliphatic hydroxyl groups excluding tert-OH is 1. The fraction of sp³-hybridized carbons (Fsp3) is 0.800. The summed E-state index contributed by atoms with van der Waals surface area (Å²) in [5, 5.41) is 25.0. The lowest BCUT2D eigenvalue weighted by Crippen LogP contribution is -2.47. The molecule has 0 spiro atoms. The van der Waals surface area contributed by atoms with Crippen molar-refractivity contribution in [1.82, 2.24) is 9.91 Å². The third kappa shape index (κ3) is 3.53. The Morgan fingerprint density at radius 3 is 2.47 bits per heavy atom. The van der Waals surface area contributed by atoms with E-state index in [2.05, 4.69) is 10.1 Å². The lowest BCUT2D eigenvalue weighted by atomic mass is 10.1. The summed E-state index contributed by atoms with van der Waals surface area (Å²) in [6.07, 6.45) is 0.307. The van der Waals surface area contributed by atoms with Gasteiger partial charge in [-0.2, -0.15) is 0 Å². The minimum Gasteiger partial charge on any atom is -0.569 e. The molecule has 0 bridgehead atoms. The predicted octanol–water partition coefficient (Wildman–Crippen LogP) is -0.395. The van der Waals surface area contributed by atoms with Gasteiger partial charge in [-0.05, 0) is 13.8 Å². The van der Waals surface area contributed by atoms with Crippen molar-refractivity contribution in [2.75, 3.05) is 20.4 Å². The summed E-state index contributed by atoms with van der Waals surface area (Å²) < 4.78 is 0. The van der Waals surface area contributed by atoms with Gasteiger partial charge in [0.15, 0.2) is 0 Å². The number of carbonyl (C=O) groups excluding carboxylic acids is 2. The van der Waals surface area contributed by atoms with Crippen LogP contribution in [0.3, 0.4) is 0 Å². The average molecular weight is 274 g/mol. The molecule has 2 amide bonds. The van der Waals surface area contributed by atoms with Crippen LogP contribution >= 0.6 is 0 Å². The van der Waals surface area contributed by atoms with Crippen LogP contribution in [0.25, 0.3) is 0 Å². The molecule has 0 radical (unpaired) electrons. The molecule has 0 atom stereocenters. The van der Waals surface area contributed by atoms with E-state index in [-0.39, 0.29) is 43.0 Å². The van der Waals surface area contributed by atoms with Crippen LogP contribution < -0.4 is 0 Å². The molecule has 0 aromatic carbocycles. The molecule has 1 aliphatic heterocycles. The SMILES string of the molecule is CN(/[N+]([O-])=N\OCN1C(=O)CCC1=O)C(C)(C)CO. The summed E-state index contributed by atoms with van der Waals surface area (Å²) in [5.41, 5.74) is -0.812. The number of likely N-dealkylation sites (N-methyl/N-ethyl adjacent to an activating group) is 1. The van der Waals surface area contributed by atoms with E-state index in [1.165, 1.54) is 7.05 Å². The maximum absolute atomic E-state index is 11.5. The number of hydrogen-bond donors (Lipinski definition) is 1. The van der Waals surface area contributed by atoms with Crippen molar-refractivity contribution >= 4 is 11.8 Å². The highest BCUT2D eigenvalue weighted by Crippen LogP contribution is 2.13. The van der Waals surface area contributed by atoms with Gasteiger partial charge in [-0.1, -0.05) is 0 Å². The third-order valence-corrected chi connectivity index (χ3v) is 2.99. The van der Waals surface area contributed by atoms with Crippen LogP contribution in [0.1, 0.15) is 26.7 Å². The van der Waals surface area contributed by atoms with Gasteiger partial charge in [0.1, 0.15) is 5.54 Å². The first kappa shape index (κ1) is 15.2. The van der Waals surface area contributed by atoms with E-state index in [0.717, 1.165) is 9.91 Å². The predicted molar refractivity (Wildman–Crippen MR) is 62.0 cm³/mol. The van der Waals surface area contributed by atoms with E-state index in [1.54, 1.807) is 13.8 Å². The fourth-order valence-corrected chi connectivity index (χ4v) is 1.29. The maximum atomic E-state index is 11.5. The molecule has 108 valence electrons. The van der Waals surface area contributed by atoms with Crippen molar-refractivity contribution in [2.24, 2.45) is 5.28 Å².